The van der Waals surface area contributed by atoms with E-state index < -0.39 is 5.97 Å². The summed E-state index contributed by atoms with van der Waals surface area (Å²) in [7, 11) is 0. The summed E-state index contributed by atoms with van der Waals surface area (Å²) < 4.78 is 0. The van der Waals surface area contributed by atoms with Crippen LogP contribution in [0, 0.1) is 0 Å². The smallest absolute Gasteiger partial charge is 0.374 e. The monoisotopic (exact) mass is 279 g/mol. The SMILES string of the molecule is O=C(O)c1ncncn1.c1ccc(-c2ccccc2)cc1. The van der Waals surface area contributed by atoms with E-state index in [1.54, 1.807) is 0 Å². The van der Waals surface area contributed by atoms with Crippen molar-refractivity contribution in [3.63, 3.8) is 0 Å². The molecular formula is C16H13N3O2. The van der Waals surface area contributed by atoms with Gasteiger partial charge in [0.2, 0.25) is 5.82 Å². The van der Waals surface area contributed by atoms with E-state index >= 15 is 0 Å². The van der Waals surface area contributed by atoms with E-state index in [-0.39, 0.29) is 5.82 Å². The van der Waals surface area contributed by atoms with Crippen LogP contribution in [0.15, 0.2) is 73.3 Å². The first-order valence-electron chi connectivity index (χ1n) is 6.23. The van der Waals surface area contributed by atoms with Crippen LogP contribution in [0.2, 0.25) is 0 Å². The van der Waals surface area contributed by atoms with Crippen molar-refractivity contribution in [2.45, 2.75) is 0 Å². The molecule has 1 N–H and O–H groups in total. The average Bonchev–Trinajstić information content (AvgIpc) is 2.58. The Hall–Kier alpha value is -3.08. The predicted octanol–water partition coefficient (Wildman–Crippen LogP) is 2.92. The number of carboxylic acids is 1. The van der Waals surface area contributed by atoms with Gasteiger partial charge in [0.25, 0.3) is 0 Å². The number of hydrogen-bond donors (Lipinski definition) is 1. The van der Waals surface area contributed by atoms with Gasteiger partial charge in [0.1, 0.15) is 12.7 Å². The maximum atomic E-state index is 10.0. The van der Waals surface area contributed by atoms with Gasteiger partial charge in [-0.3, -0.25) is 0 Å². The fraction of sp³-hybridized carbons (Fsp3) is 0. The van der Waals surface area contributed by atoms with Crippen LogP contribution < -0.4 is 0 Å². The molecule has 0 saturated heterocycles. The molecule has 0 amide bonds. The largest absolute Gasteiger partial charge is 0.475 e. The van der Waals surface area contributed by atoms with E-state index in [0.717, 1.165) is 12.7 Å². The summed E-state index contributed by atoms with van der Waals surface area (Å²) >= 11 is 0. The number of benzene rings is 2. The average molecular weight is 279 g/mol. The molecule has 2 aromatic carbocycles. The van der Waals surface area contributed by atoms with Gasteiger partial charge in [0.05, 0.1) is 0 Å². The third kappa shape index (κ3) is 4.50. The molecule has 1 heterocycles. The number of aromatic nitrogens is 3. The molecule has 0 atom stereocenters. The van der Waals surface area contributed by atoms with E-state index in [1.807, 2.05) is 12.1 Å². The third-order valence-electron chi connectivity index (χ3n) is 2.57. The van der Waals surface area contributed by atoms with Crippen molar-refractivity contribution in [2.24, 2.45) is 0 Å². The van der Waals surface area contributed by atoms with Crippen molar-refractivity contribution in [2.75, 3.05) is 0 Å². The second-order valence-corrected chi connectivity index (χ2v) is 4.00. The van der Waals surface area contributed by atoms with Crippen LogP contribution in [0.1, 0.15) is 10.6 Å². The molecule has 104 valence electrons. The molecule has 0 spiro atoms. The minimum Gasteiger partial charge on any atom is -0.475 e. The fourth-order valence-electron chi connectivity index (χ4n) is 1.61. The summed E-state index contributed by atoms with van der Waals surface area (Å²) in [5, 5.41) is 8.23. The number of carboxylic acid groups (broad SMARTS) is 1. The molecule has 3 aromatic rings. The molecule has 5 heteroatoms. The zero-order valence-corrected chi connectivity index (χ0v) is 11.1. The van der Waals surface area contributed by atoms with Crippen LogP contribution >= 0.6 is 0 Å². The van der Waals surface area contributed by atoms with E-state index in [1.165, 1.54) is 11.1 Å². The Labute approximate surface area is 122 Å². The van der Waals surface area contributed by atoms with Gasteiger partial charge >= 0.3 is 5.97 Å². The summed E-state index contributed by atoms with van der Waals surface area (Å²) in [6, 6.07) is 20.8. The number of nitrogens with zero attached hydrogens (tertiary/aromatic N) is 3. The molecule has 0 unspecified atom stereocenters. The summed E-state index contributed by atoms with van der Waals surface area (Å²) in [6.45, 7) is 0. The standard InChI is InChI=1S/C12H10.C4H3N3O2/c1-3-7-11(8-4-1)12-9-5-2-6-10-12;8-4(9)3-6-1-5-2-7-3/h1-10H;1-2H,(H,8,9). The van der Waals surface area contributed by atoms with Gasteiger partial charge < -0.3 is 5.11 Å². The summed E-state index contributed by atoms with van der Waals surface area (Å²) in [5.74, 6) is -1.37. The molecule has 5 nitrogen and oxygen atoms in total. The number of aromatic carboxylic acids is 1. The summed E-state index contributed by atoms with van der Waals surface area (Å²) in [5.41, 5.74) is 2.55. The second-order valence-electron chi connectivity index (χ2n) is 4.00. The molecule has 1 aromatic heterocycles. The van der Waals surface area contributed by atoms with Crippen LogP contribution in [-0.2, 0) is 0 Å². The lowest BCUT2D eigenvalue weighted by molar-refractivity contribution is 0.0683. The van der Waals surface area contributed by atoms with Crippen molar-refractivity contribution >= 4 is 5.97 Å². The van der Waals surface area contributed by atoms with Gasteiger partial charge in [-0.05, 0) is 11.1 Å². The highest BCUT2D eigenvalue weighted by Crippen LogP contribution is 2.17. The highest BCUT2D eigenvalue weighted by atomic mass is 16.4. The van der Waals surface area contributed by atoms with Gasteiger partial charge in [-0.2, -0.15) is 0 Å². The third-order valence-corrected chi connectivity index (χ3v) is 2.57. The molecule has 0 aliphatic rings. The zero-order chi connectivity index (χ0) is 14.9. The maximum Gasteiger partial charge on any atom is 0.374 e. The van der Waals surface area contributed by atoms with Crippen LogP contribution in [0.3, 0.4) is 0 Å². The Morgan fingerprint density at radius 3 is 1.52 bits per heavy atom. The van der Waals surface area contributed by atoms with E-state index in [4.69, 9.17) is 5.11 Å². The minimum absolute atomic E-state index is 0.231. The Balaban J connectivity index is 0.000000161. The number of hydrogen-bond acceptors (Lipinski definition) is 4. The fourth-order valence-corrected chi connectivity index (χ4v) is 1.61. The summed E-state index contributed by atoms with van der Waals surface area (Å²) in [4.78, 5) is 20.2. The molecule has 0 aliphatic carbocycles. The number of carbonyl (C=O) groups is 1. The van der Waals surface area contributed by atoms with Crippen molar-refractivity contribution in [1.82, 2.24) is 15.0 Å². The molecular weight excluding hydrogens is 266 g/mol. The van der Waals surface area contributed by atoms with Crippen LogP contribution in [0.25, 0.3) is 11.1 Å². The predicted molar refractivity (Wildman–Crippen MR) is 78.7 cm³/mol. The van der Waals surface area contributed by atoms with Gasteiger partial charge in [-0.25, -0.2) is 19.7 Å². The summed E-state index contributed by atoms with van der Waals surface area (Å²) in [6.07, 6.45) is 2.27. The molecule has 3 rings (SSSR count). The number of rotatable bonds is 2. The Morgan fingerprint density at radius 2 is 1.19 bits per heavy atom. The van der Waals surface area contributed by atoms with Crippen molar-refractivity contribution in [1.29, 1.82) is 0 Å². The molecule has 0 saturated carbocycles. The molecule has 0 radical (unpaired) electrons. The Kier molecular flexibility index (Phi) is 5.11. The van der Waals surface area contributed by atoms with Crippen molar-refractivity contribution in [3.05, 3.63) is 79.1 Å². The second kappa shape index (κ2) is 7.49. The van der Waals surface area contributed by atoms with Crippen molar-refractivity contribution in [3.8, 4) is 11.1 Å². The lowest BCUT2D eigenvalue weighted by Gasteiger charge is -1.98. The van der Waals surface area contributed by atoms with Gasteiger partial charge in [-0.15, -0.1) is 0 Å². The normalized spacial score (nSPS) is 9.33. The van der Waals surface area contributed by atoms with E-state index in [2.05, 4.69) is 63.5 Å². The van der Waals surface area contributed by atoms with Crippen LogP contribution in [0.4, 0.5) is 0 Å². The van der Waals surface area contributed by atoms with Gasteiger partial charge in [0.15, 0.2) is 0 Å². The maximum absolute atomic E-state index is 10.0. The van der Waals surface area contributed by atoms with E-state index in [0.29, 0.717) is 0 Å². The van der Waals surface area contributed by atoms with Crippen molar-refractivity contribution < 1.29 is 9.90 Å². The Morgan fingerprint density at radius 1 is 0.762 bits per heavy atom. The quantitative estimate of drug-likeness (QED) is 0.780. The first-order valence-corrected chi connectivity index (χ1v) is 6.23. The molecule has 0 bridgehead atoms. The Bertz CT molecular complexity index is 636. The van der Waals surface area contributed by atoms with Gasteiger partial charge in [0, 0.05) is 0 Å². The molecule has 0 aliphatic heterocycles. The highest BCUT2D eigenvalue weighted by Gasteiger charge is 2.01. The molecule has 21 heavy (non-hydrogen) atoms. The van der Waals surface area contributed by atoms with E-state index in [9.17, 15) is 4.79 Å². The molecule has 0 fully saturated rings. The zero-order valence-electron chi connectivity index (χ0n) is 11.1. The topological polar surface area (TPSA) is 76.0 Å². The van der Waals surface area contributed by atoms with Gasteiger partial charge in [-0.1, -0.05) is 60.7 Å². The first kappa shape index (κ1) is 14.3. The minimum atomic E-state index is -1.14. The van der Waals surface area contributed by atoms with Crippen LogP contribution in [-0.4, -0.2) is 26.0 Å². The lowest BCUT2D eigenvalue weighted by Crippen LogP contribution is -2.02. The first-order chi connectivity index (χ1) is 10.3. The highest BCUT2D eigenvalue weighted by molar-refractivity contribution is 5.82. The lowest BCUT2D eigenvalue weighted by atomic mass is 10.1. The van der Waals surface area contributed by atoms with Crippen LogP contribution in [0.5, 0.6) is 0 Å².